The molecule has 0 fully saturated rings. The molecule has 4 aromatic rings. The number of fused-ring (bicyclic) bond motifs is 2. The zero-order valence-corrected chi connectivity index (χ0v) is 39.0. The van der Waals surface area contributed by atoms with E-state index in [9.17, 15) is 57.7 Å². The summed E-state index contributed by atoms with van der Waals surface area (Å²) in [6.07, 6.45) is -0.000124. The van der Waals surface area contributed by atoms with Crippen molar-refractivity contribution < 1.29 is 95.4 Å². The Kier molecular flexibility index (Phi) is 20.3. The molecule has 0 saturated carbocycles. The van der Waals surface area contributed by atoms with Gasteiger partial charge >= 0.3 is 37.7 Å². The van der Waals surface area contributed by atoms with Gasteiger partial charge in [-0.3, -0.25) is 9.13 Å². The van der Waals surface area contributed by atoms with E-state index in [1.165, 1.54) is 24.3 Å². The third-order valence-electron chi connectivity index (χ3n) is 10.7. The maximum absolute atomic E-state index is 13.5. The molecule has 2 unspecified atom stereocenters. The van der Waals surface area contributed by atoms with Gasteiger partial charge in [0.1, 0.15) is 11.6 Å². The first kappa shape index (κ1) is 54.7. The Hall–Kier alpha value is -3.59. The quantitative estimate of drug-likeness (QED) is 0.0829. The van der Waals surface area contributed by atoms with Crippen LogP contribution in [0, 0.1) is 34.8 Å². The van der Waals surface area contributed by atoms with Crippen LogP contribution in [0.2, 0.25) is 0 Å². The molecule has 2 aromatic heterocycles. The average Bonchev–Trinajstić information content (AvgIpc) is 3.69. The number of carboxylic acid groups (broad SMARTS) is 2. The SMILES string of the molecule is CC(C)c1c(C#CP(=O)(O)C[C@@H](O)CC(=O)[O-])c(-c2ccc(F)cc2)n2c1CCCC2.CC(C)c1c(C#CP(=O)(O)C[C@@H](O)CC(=O)[O-])c(-c2ccc(F)cc2)n2c1CCCC2.[Li+].[Li+]. The number of hydrogen-bond donors (Lipinski definition) is 4. The van der Waals surface area contributed by atoms with Crippen molar-refractivity contribution in [3.05, 3.63) is 93.8 Å². The second-order valence-electron chi connectivity index (χ2n) is 16.4. The predicted octanol–water partition coefficient (Wildman–Crippen LogP) is -0.324. The van der Waals surface area contributed by atoms with E-state index in [1.54, 1.807) is 24.3 Å². The summed E-state index contributed by atoms with van der Waals surface area (Å²) < 4.78 is 56.5. The van der Waals surface area contributed by atoms with Gasteiger partial charge < -0.3 is 48.9 Å². The van der Waals surface area contributed by atoms with Crippen molar-refractivity contribution in [3.8, 4) is 45.7 Å². The van der Waals surface area contributed by atoms with Gasteiger partial charge in [0.05, 0.1) is 47.0 Å². The number of rotatable bonds is 12. The standard InChI is InChI=1S/2C23H27FNO5P.2Li/c2*1-15(2)22-19(10-12-31(29,30)14-18(26)13-21(27)28)23(16-6-8-17(24)9-7-16)25-11-4-3-5-20(22)25;;/h2*6-9,15,18,26H,3-5,11,13-14H2,1-2H3,(H,27,28)(H,29,30);;/q;;2*+1/p-2/t2*18-;;/m00../s1. The summed E-state index contributed by atoms with van der Waals surface area (Å²) in [5, 5.41) is 40.7. The zero-order valence-electron chi connectivity index (χ0n) is 37.2. The molecule has 64 heavy (non-hydrogen) atoms. The summed E-state index contributed by atoms with van der Waals surface area (Å²) >= 11 is 0. The summed E-state index contributed by atoms with van der Waals surface area (Å²) in [5.74, 6) is 2.28. The van der Waals surface area contributed by atoms with Gasteiger partial charge in [0.25, 0.3) is 14.7 Å². The Labute approximate surface area is 397 Å². The normalized spacial score (nSPS) is 15.7. The van der Waals surface area contributed by atoms with Gasteiger partial charge in [-0.05, 0) is 132 Å². The van der Waals surface area contributed by atoms with Crippen molar-refractivity contribution in [2.75, 3.05) is 12.3 Å². The number of nitrogens with zero attached hydrogens (tertiary/aromatic N) is 2. The van der Waals surface area contributed by atoms with E-state index in [0.29, 0.717) is 11.1 Å². The van der Waals surface area contributed by atoms with Gasteiger partial charge in [-0.2, -0.15) is 0 Å². The largest absolute Gasteiger partial charge is 1.00 e. The van der Waals surface area contributed by atoms with Crippen molar-refractivity contribution in [2.24, 2.45) is 0 Å². The van der Waals surface area contributed by atoms with Crippen LogP contribution in [-0.4, -0.2) is 65.6 Å². The summed E-state index contributed by atoms with van der Waals surface area (Å²) in [6.45, 7) is 9.70. The fourth-order valence-electron chi connectivity index (χ4n) is 8.31. The number of carboxylic acids is 2. The van der Waals surface area contributed by atoms with Crippen molar-refractivity contribution >= 4 is 26.7 Å². The van der Waals surface area contributed by atoms with Crippen molar-refractivity contribution in [2.45, 2.75) is 116 Å². The number of aliphatic carboxylic acids is 2. The van der Waals surface area contributed by atoms with E-state index in [2.05, 4.69) is 32.3 Å². The van der Waals surface area contributed by atoms with Gasteiger partial charge in [-0.15, -0.1) is 0 Å². The van der Waals surface area contributed by atoms with Crippen LogP contribution in [0.3, 0.4) is 0 Å². The second kappa shape index (κ2) is 23.7. The van der Waals surface area contributed by atoms with Crippen LogP contribution in [0.4, 0.5) is 8.78 Å². The van der Waals surface area contributed by atoms with Crippen molar-refractivity contribution in [1.82, 2.24) is 9.13 Å². The molecular formula is C46H52F2Li2N2O10P2. The van der Waals surface area contributed by atoms with Crippen LogP contribution in [0.15, 0.2) is 48.5 Å². The van der Waals surface area contributed by atoms with Crippen LogP contribution >= 0.6 is 14.7 Å². The molecule has 0 aliphatic carbocycles. The molecule has 18 heteroatoms. The summed E-state index contributed by atoms with van der Waals surface area (Å²) in [5.41, 5.74) is 13.5. The van der Waals surface area contributed by atoms with E-state index in [0.717, 1.165) is 96.6 Å². The number of aromatic nitrogens is 2. The molecule has 0 radical (unpaired) electrons. The van der Waals surface area contributed by atoms with Gasteiger partial charge in [0.15, 0.2) is 0 Å². The molecule has 6 rings (SSSR count). The summed E-state index contributed by atoms with van der Waals surface area (Å²) in [4.78, 5) is 41.7. The molecule has 0 amide bonds. The molecule has 0 bridgehead atoms. The fraction of sp³-hybridized carbons (Fsp3) is 0.435. The minimum Gasteiger partial charge on any atom is -0.550 e. The molecular weight excluding hydrogens is 854 g/mol. The molecule has 332 valence electrons. The van der Waals surface area contributed by atoms with E-state index in [1.807, 2.05) is 27.7 Å². The third kappa shape index (κ3) is 14.2. The van der Waals surface area contributed by atoms with Gasteiger partial charge in [-0.25, -0.2) is 8.78 Å². The molecule has 4 atom stereocenters. The topological polar surface area (TPSA) is 205 Å². The number of carbonyl (C=O) groups excluding carboxylic acids is 2. The monoisotopic (exact) mass is 906 g/mol. The smallest absolute Gasteiger partial charge is 0.550 e. The predicted molar refractivity (Wildman–Crippen MR) is 228 cm³/mol. The Bertz CT molecular complexity index is 2340. The first-order valence-electron chi connectivity index (χ1n) is 20.7. The molecule has 0 saturated heterocycles. The Morgan fingerprint density at radius 2 is 0.969 bits per heavy atom. The number of aliphatic hydroxyl groups is 2. The van der Waals surface area contributed by atoms with Gasteiger partial charge in [0, 0.05) is 49.3 Å². The third-order valence-corrected chi connectivity index (χ3v) is 13.5. The number of hydrogen-bond acceptors (Lipinski definition) is 8. The van der Waals surface area contributed by atoms with E-state index < -0.39 is 64.0 Å². The molecule has 12 nitrogen and oxygen atoms in total. The molecule has 4 heterocycles. The zero-order chi connectivity index (χ0) is 45.5. The molecule has 2 aliphatic heterocycles. The molecule has 2 aliphatic rings. The van der Waals surface area contributed by atoms with Gasteiger partial charge in [0.2, 0.25) is 0 Å². The Morgan fingerprint density at radius 1 is 0.641 bits per heavy atom. The maximum atomic E-state index is 13.5. The van der Waals surface area contributed by atoms with E-state index in [-0.39, 0.29) is 61.2 Å². The Morgan fingerprint density at radius 3 is 1.27 bits per heavy atom. The molecule has 0 spiro atoms. The number of aliphatic hydroxyl groups excluding tert-OH is 2. The minimum absolute atomic E-state index is 0. The fourth-order valence-corrected chi connectivity index (χ4v) is 10.5. The average molecular weight is 907 g/mol. The van der Waals surface area contributed by atoms with Crippen LogP contribution in [0.25, 0.3) is 22.5 Å². The van der Waals surface area contributed by atoms with Crippen LogP contribution in [0.1, 0.15) is 112 Å². The molecule has 4 N–H and O–H groups in total. The van der Waals surface area contributed by atoms with Gasteiger partial charge in [-0.1, -0.05) is 39.5 Å². The van der Waals surface area contributed by atoms with Crippen LogP contribution in [0.5, 0.6) is 0 Å². The number of carbonyl (C=O) groups is 2. The van der Waals surface area contributed by atoms with Crippen LogP contribution in [-0.2, 0) is 44.7 Å². The van der Waals surface area contributed by atoms with Crippen molar-refractivity contribution in [3.63, 3.8) is 0 Å². The maximum Gasteiger partial charge on any atom is 1.00 e. The van der Waals surface area contributed by atoms with Crippen molar-refractivity contribution in [1.29, 1.82) is 0 Å². The summed E-state index contributed by atoms with van der Waals surface area (Å²) in [6, 6.07) is 12.2. The summed E-state index contributed by atoms with van der Waals surface area (Å²) in [7, 11) is -8.24. The van der Waals surface area contributed by atoms with Crippen LogP contribution < -0.4 is 47.9 Å². The van der Waals surface area contributed by atoms with E-state index in [4.69, 9.17) is 0 Å². The number of benzene rings is 2. The second-order valence-corrected chi connectivity index (χ2v) is 20.4. The minimum atomic E-state index is -4.12. The number of halogens is 2. The van der Waals surface area contributed by atoms with E-state index >= 15 is 0 Å². The molecule has 2 aromatic carbocycles. The first-order valence-corrected chi connectivity index (χ1v) is 24.3. The first-order chi connectivity index (χ1) is 29.2. The Balaban J connectivity index is 0.000000330.